The fraction of sp³-hybridized carbons (Fsp3) is 0.455. The number of furan rings is 1. The molecule has 0 aliphatic heterocycles. The molecule has 0 saturated heterocycles. The van der Waals surface area contributed by atoms with Crippen molar-refractivity contribution in [1.82, 2.24) is 5.32 Å². The molecular weight excluding hydrogens is 210 g/mol. The predicted octanol–water partition coefficient (Wildman–Crippen LogP) is 1.16. The molecule has 1 aromatic rings. The maximum Gasteiger partial charge on any atom is 0.306 e. The topological polar surface area (TPSA) is 68.5 Å². The first-order valence-electron chi connectivity index (χ1n) is 5.00. The molecule has 16 heavy (non-hydrogen) atoms. The number of hydrogen-bond acceptors (Lipinski definition) is 4. The smallest absolute Gasteiger partial charge is 0.306 e. The lowest BCUT2D eigenvalue weighted by Crippen LogP contribution is -2.23. The minimum Gasteiger partial charge on any atom is -0.469 e. The summed E-state index contributed by atoms with van der Waals surface area (Å²) >= 11 is 0. The van der Waals surface area contributed by atoms with E-state index in [0.29, 0.717) is 12.3 Å². The van der Waals surface area contributed by atoms with Crippen LogP contribution < -0.4 is 5.32 Å². The Bertz CT molecular complexity index is 370. The number of carbonyl (C=O) groups excluding carboxylic acids is 2. The molecule has 5 nitrogen and oxygen atoms in total. The number of methoxy groups -OCH3 is 1. The number of carbonyl (C=O) groups is 2. The molecule has 88 valence electrons. The fourth-order valence-electron chi connectivity index (χ4n) is 1.17. The van der Waals surface area contributed by atoms with Crippen LogP contribution in [0.15, 0.2) is 16.5 Å². The predicted molar refractivity (Wildman–Crippen MR) is 56.5 cm³/mol. The molecule has 0 aromatic carbocycles. The highest BCUT2D eigenvalue weighted by Gasteiger charge is 2.07. The summed E-state index contributed by atoms with van der Waals surface area (Å²) in [4.78, 5) is 22.1. The van der Waals surface area contributed by atoms with E-state index in [9.17, 15) is 9.59 Å². The minimum atomic E-state index is -0.385. The third-order valence-corrected chi connectivity index (χ3v) is 2.04. The second-order valence-corrected chi connectivity index (χ2v) is 3.37. The molecule has 1 aromatic heterocycles. The van der Waals surface area contributed by atoms with E-state index >= 15 is 0 Å². The number of hydrogen-bond donors (Lipinski definition) is 1. The first-order valence-corrected chi connectivity index (χ1v) is 5.00. The van der Waals surface area contributed by atoms with Crippen LogP contribution in [-0.2, 0) is 20.9 Å². The van der Waals surface area contributed by atoms with Gasteiger partial charge in [-0.1, -0.05) is 0 Å². The fourth-order valence-corrected chi connectivity index (χ4v) is 1.17. The maximum atomic E-state index is 11.3. The number of nitrogens with one attached hydrogen (secondary N) is 1. The van der Waals surface area contributed by atoms with Crippen molar-refractivity contribution < 1.29 is 18.7 Å². The quantitative estimate of drug-likeness (QED) is 0.763. The van der Waals surface area contributed by atoms with Gasteiger partial charge in [-0.25, -0.2) is 0 Å². The Hall–Kier alpha value is -1.78. The largest absolute Gasteiger partial charge is 0.469 e. The van der Waals surface area contributed by atoms with Gasteiger partial charge in [0.15, 0.2) is 0 Å². The number of rotatable bonds is 5. The molecule has 1 N–H and O–H groups in total. The Morgan fingerprint density at radius 2 is 2.12 bits per heavy atom. The first-order chi connectivity index (χ1) is 7.61. The van der Waals surface area contributed by atoms with E-state index in [1.165, 1.54) is 7.11 Å². The Morgan fingerprint density at radius 3 is 2.69 bits per heavy atom. The monoisotopic (exact) mass is 225 g/mol. The molecule has 0 aliphatic carbocycles. The lowest BCUT2D eigenvalue weighted by Gasteiger charge is -2.02. The van der Waals surface area contributed by atoms with E-state index in [0.717, 1.165) is 5.76 Å². The van der Waals surface area contributed by atoms with Crippen molar-refractivity contribution in [2.24, 2.45) is 0 Å². The first kappa shape index (κ1) is 12.3. The van der Waals surface area contributed by atoms with E-state index in [4.69, 9.17) is 4.42 Å². The molecule has 0 unspecified atom stereocenters. The summed E-state index contributed by atoms with van der Waals surface area (Å²) in [6.07, 6.45) is 0.228. The van der Waals surface area contributed by atoms with Gasteiger partial charge < -0.3 is 14.5 Å². The summed E-state index contributed by atoms with van der Waals surface area (Å²) in [7, 11) is 1.30. The van der Waals surface area contributed by atoms with Crippen molar-refractivity contribution in [3.63, 3.8) is 0 Å². The summed E-state index contributed by atoms with van der Waals surface area (Å²) in [6.45, 7) is 2.18. The Balaban J connectivity index is 2.22. The standard InChI is InChI=1S/C11H15NO4/c1-8-3-4-9(16-8)7-12-10(13)5-6-11(14)15-2/h3-4H,5-7H2,1-2H3,(H,12,13). The van der Waals surface area contributed by atoms with Gasteiger partial charge in [0.25, 0.3) is 0 Å². The zero-order valence-corrected chi connectivity index (χ0v) is 9.41. The third kappa shape index (κ3) is 4.16. The lowest BCUT2D eigenvalue weighted by molar-refractivity contribution is -0.142. The van der Waals surface area contributed by atoms with Crippen LogP contribution in [0.5, 0.6) is 0 Å². The third-order valence-electron chi connectivity index (χ3n) is 2.04. The SMILES string of the molecule is COC(=O)CCC(=O)NCc1ccc(C)o1. The van der Waals surface area contributed by atoms with Crippen LogP contribution in [0.25, 0.3) is 0 Å². The van der Waals surface area contributed by atoms with Crippen molar-refractivity contribution in [1.29, 1.82) is 0 Å². The highest BCUT2D eigenvalue weighted by atomic mass is 16.5. The molecule has 0 fully saturated rings. The van der Waals surface area contributed by atoms with Gasteiger partial charge in [-0.05, 0) is 19.1 Å². The van der Waals surface area contributed by atoms with Gasteiger partial charge in [0.1, 0.15) is 11.5 Å². The van der Waals surface area contributed by atoms with Gasteiger partial charge >= 0.3 is 5.97 Å². The highest BCUT2D eigenvalue weighted by Crippen LogP contribution is 2.05. The van der Waals surface area contributed by atoms with E-state index in [1.54, 1.807) is 6.07 Å². The normalized spacial score (nSPS) is 9.88. The molecular formula is C11H15NO4. The molecule has 0 radical (unpaired) electrons. The van der Waals surface area contributed by atoms with Gasteiger partial charge in [0.05, 0.1) is 20.1 Å². The summed E-state index contributed by atoms with van der Waals surface area (Å²) in [5, 5.41) is 2.65. The molecule has 0 aliphatic rings. The molecule has 0 saturated carbocycles. The molecule has 0 bridgehead atoms. The van der Waals surface area contributed by atoms with Crippen LogP contribution in [-0.4, -0.2) is 19.0 Å². The lowest BCUT2D eigenvalue weighted by atomic mass is 10.3. The minimum absolute atomic E-state index is 0.0967. The van der Waals surface area contributed by atoms with Crippen LogP contribution in [0.1, 0.15) is 24.4 Å². The van der Waals surface area contributed by atoms with Gasteiger partial charge in [0.2, 0.25) is 5.91 Å². The number of ether oxygens (including phenoxy) is 1. The van der Waals surface area contributed by atoms with Crippen molar-refractivity contribution in [2.75, 3.05) is 7.11 Å². The average Bonchev–Trinajstić information content (AvgIpc) is 2.69. The van der Waals surface area contributed by atoms with Crippen molar-refractivity contribution in [3.8, 4) is 0 Å². The zero-order chi connectivity index (χ0) is 12.0. The molecule has 1 heterocycles. The Labute approximate surface area is 93.8 Å². The zero-order valence-electron chi connectivity index (χ0n) is 9.41. The van der Waals surface area contributed by atoms with Gasteiger partial charge in [-0.15, -0.1) is 0 Å². The van der Waals surface area contributed by atoms with Gasteiger partial charge in [-0.3, -0.25) is 9.59 Å². The summed E-state index contributed by atoms with van der Waals surface area (Å²) in [5.41, 5.74) is 0. The van der Waals surface area contributed by atoms with Crippen LogP contribution >= 0.6 is 0 Å². The van der Waals surface area contributed by atoms with Crippen LogP contribution in [0.2, 0.25) is 0 Å². The van der Waals surface area contributed by atoms with E-state index in [2.05, 4.69) is 10.1 Å². The van der Waals surface area contributed by atoms with Gasteiger partial charge in [0, 0.05) is 6.42 Å². The van der Waals surface area contributed by atoms with Crippen molar-refractivity contribution in [3.05, 3.63) is 23.7 Å². The van der Waals surface area contributed by atoms with Crippen LogP contribution in [0.3, 0.4) is 0 Å². The number of aryl methyl sites for hydroxylation is 1. The molecule has 0 spiro atoms. The summed E-state index contributed by atoms with van der Waals surface area (Å²) < 4.78 is 9.70. The van der Waals surface area contributed by atoms with Crippen molar-refractivity contribution in [2.45, 2.75) is 26.3 Å². The molecule has 1 rings (SSSR count). The number of amides is 1. The number of esters is 1. The highest BCUT2D eigenvalue weighted by molar-refractivity contribution is 5.81. The van der Waals surface area contributed by atoms with E-state index < -0.39 is 0 Å². The molecule has 0 atom stereocenters. The van der Waals surface area contributed by atoms with Crippen LogP contribution in [0, 0.1) is 6.92 Å². The summed E-state index contributed by atoms with van der Waals surface area (Å²) in [5.74, 6) is 0.922. The Kier molecular flexibility index (Phi) is 4.57. The second-order valence-electron chi connectivity index (χ2n) is 3.37. The maximum absolute atomic E-state index is 11.3. The summed E-state index contributed by atoms with van der Waals surface area (Å²) in [6, 6.07) is 3.63. The van der Waals surface area contributed by atoms with Crippen molar-refractivity contribution >= 4 is 11.9 Å². The van der Waals surface area contributed by atoms with E-state index in [1.807, 2.05) is 13.0 Å². The van der Waals surface area contributed by atoms with Crippen LogP contribution in [0.4, 0.5) is 0 Å². The average molecular weight is 225 g/mol. The molecule has 5 heteroatoms. The van der Waals surface area contributed by atoms with E-state index in [-0.39, 0.29) is 24.7 Å². The molecule has 1 amide bonds. The van der Waals surface area contributed by atoms with Gasteiger partial charge in [-0.2, -0.15) is 0 Å². The second kappa shape index (κ2) is 5.95. The Morgan fingerprint density at radius 1 is 1.38 bits per heavy atom.